The van der Waals surface area contributed by atoms with Crippen LogP contribution in [0.15, 0.2) is 23.6 Å². The summed E-state index contributed by atoms with van der Waals surface area (Å²) in [4.78, 5) is 38.9. The molecule has 0 unspecified atom stereocenters. The van der Waals surface area contributed by atoms with Crippen LogP contribution in [0.1, 0.15) is 39.2 Å². The zero-order chi connectivity index (χ0) is 24.2. The number of carbonyl (C=O) groups is 2. The monoisotopic (exact) mass is 500 g/mol. The van der Waals surface area contributed by atoms with Crippen LogP contribution < -0.4 is 15.8 Å². The lowest BCUT2D eigenvalue weighted by atomic mass is 10.2. The molecule has 2 aromatic heterocycles. The first-order chi connectivity index (χ1) is 16.4. The number of ether oxygens (including phenoxy) is 1. The molecular formula is C23H28N6O3S2. The van der Waals surface area contributed by atoms with Crippen molar-refractivity contribution in [2.45, 2.75) is 20.3 Å². The van der Waals surface area contributed by atoms with E-state index in [0.717, 1.165) is 42.3 Å². The third-order valence-corrected chi connectivity index (χ3v) is 7.45. The number of primary amides is 1. The molecule has 1 aliphatic rings. The van der Waals surface area contributed by atoms with E-state index in [2.05, 4.69) is 22.2 Å². The van der Waals surface area contributed by atoms with E-state index in [1.165, 1.54) is 22.7 Å². The maximum Gasteiger partial charge on any atom is 0.282 e. The molecule has 3 aromatic rings. The van der Waals surface area contributed by atoms with Gasteiger partial charge >= 0.3 is 0 Å². The molecule has 0 atom stereocenters. The minimum absolute atomic E-state index is 0.0205. The molecule has 1 aromatic carbocycles. The molecule has 180 valence electrons. The van der Waals surface area contributed by atoms with E-state index in [1.54, 1.807) is 18.2 Å². The summed E-state index contributed by atoms with van der Waals surface area (Å²) < 4.78 is 5.67. The van der Waals surface area contributed by atoms with Gasteiger partial charge in [0.15, 0.2) is 10.1 Å². The normalized spacial score (nSPS) is 14.6. The van der Waals surface area contributed by atoms with Crippen LogP contribution in [0.25, 0.3) is 10.6 Å². The highest BCUT2D eigenvalue weighted by atomic mass is 32.1. The lowest BCUT2D eigenvalue weighted by molar-refractivity contribution is 0.0762. The first-order valence-electron chi connectivity index (χ1n) is 11.1. The largest absolute Gasteiger partial charge is 0.492 e. The van der Waals surface area contributed by atoms with Gasteiger partial charge in [-0.1, -0.05) is 0 Å². The number of anilines is 2. The molecule has 34 heavy (non-hydrogen) atoms. The molecule has 3 heterocycles. The van der Waals surface area contributed by atoms with Gasteiger partial charge in [-0.25, -0.2) is 9.97 Å². The highest BCUT2D eigenvalue weighted by molar-refractivity contribution is 7.18. The Kier molecular flexibility index (Phi) is 7.44. The summed E-state index contributed by atoms with van der Waals surface area (Å²) in [5.41, 5.74) is 7.96. The Labute approximate surface area is 206 Å². The summed E-state index contributed by atoms with van der Waals surface area (Å²) >= 11 is 2.80. The third kappa shape index (κ3) is 5.37. The van der Waals surface area contributed by atoms with E-state index in [4.69, 9.17) is 15.5 Å². The SMILES string of the molecule is CCOc1ccc(C(N)=O)cc1Nc1nc(-c2sc(C(=O)N3CCCN(C)CC3)nc2C)cs1. The minimum Gasteiger partial charge on any atom is -0.492 e. The molecule has 9 nitrogen and oxygen atoms in total. The summed E-state index contributed by atoms with van der Waals surface area (Å²) in [7, 11) is 2.08. The molecular weight excluding hydrogens is 472 g/mol. The maximum atomic E-state index is 13.1. The van der Waals surface area contributed by atoms with E-state index in [-0.39, 0.29) is 5.91 Å². The number of benzene rings is 1. The van der Waals surface area contributed by atoms with Crippen molar-refractivity contribution in [3.8, 4) is 16.3 Å². The van der Waals surface area contributed by atoms with Crippen LogP contribution in [0.5, 0.6) is 5.75 Å². The molecule has 0 saturated carbocycles. The van der Waals surface area contributed by atoms with Gasteiger partial charge in [0.2, 0.25) is 5.91 Å². The molecule has 2 amide bonds. The fourth-order valence-corrected chi connectivity index (χ4v) is 5.51. The first-order valence-corrected chi connectivity index (χ1v) is 12.8. The number of hydrogen-bond acceptors (Lipinski definition) is 9. The number of nitrogens with zero attached hydrogens (tertiary/aromatic N) is 4. The van der Waals surface area contributed by atoms with Gasteiger partial charge in [0.25, 0.3) is 5.91 Å². The lowest BCUT2D eigenvalue weighted by Gasteiger charge is -2.19. The first kappa shape index (κ1) is 24.1. The topological polar surface area (TPSA) is 114 Å². The van der Waals surface area contributed by atoms with Crippen molar-refractivity contribution in [2.24, 2.45) is 5.73 Å². The number of likely N-dealkylation sites (N-methyl/N-ethyl adjacent to an activating group) is 1. The van der Waals surface area contributed by atoms with Crippen molar-refractivity contribution < 1.29 is 14.3 Å². The summed E-state index contributed by atoms with van der Waals surface area (Å²) in [5.74, 6) is 0.0708. The van der Waals surface area contributed by atoms with Gasteiger partial charge in [-0.3, -0.25) is 9.59 Å². The number of carbonyl (C=O) groups excluding carboxylic acids is 2. The van der Waals surface area contributed by atoms with Crippen LogP contribution in [-0.2, 0) is 0 Å². The number of nitrogens with two attached hydrogens (primary N) is 1. The van der Waals surface area contributed by atoms with Gasteiger partial charge in [0.1, 0.15) is 5.75 Å². The second-order valence-electron chi connectivity index (χ2n) is 8.05. The van der Waals surface area contributed by atoms with Crippen LogP contribution in [-0.4, -0.2) is 71.4 Å². The number of rotatable bonds is 7. The van der Waals surface area contributed by atoms with Crippen LogP contribution in [0, 0.1) is 6.92 Å². The van der Waals surface area contributed by atoms with Crippen LogP contribution in [0.2, 0.25) is 0 Å². The predicted molar refractivity (Wildman–Crippen MR) is 135 cm³/mol. The summed E-state index contributed by atoms with van der Waals surface area (Å²) in [6, 6.07) is 5.00. The fourth-order valence-electron chi connectivity index (χ4n) is 3.72. The van der Waals surface area contributed by atoms with Gasteiger partial charge in [0.05, 0.1) is 28.6 Å². The Morgan fingerprint density at radius 1 is 1.21 bits per heavy atom. The zero-order valence-corrected chi connectivity index (χ0v) is 21.1. The standard InChI is InChI=1S/C23H28N6O3S2/c1-4-32-18-7-6-15(20(24)30)12-16(18)26-23-27-17(13-33-23)19-14(2)25-21(34-19)22(31)29-9-5-8-28(3)10-11-29/h6-7,12-13H,4-5,8-11H2,1-3H3,(H2,24,30)(H,26,27). The van der Waals surface area contributed by atoms with Gasteiger partial charge in [0, 0.05) is 30.6 Å². The van der Waals surface area contributed by atoms with Crippen molar-refractivity contribution in [1.29, 1.82) is 0 Å². The van der Waals surface area contributed by atoms with Gasteiger partial charge in [-0.05, 0) is 52.1 Å². The quantitative estimate of drug-likeness (QED) is 0.510. The number of hydrogen-bond donors (Lipinski definition) is 2. The maximum absolute atomic E-state index is 13.1. The Morgan fingerprint density at radius 2 is 2.03 bits per heavy atom. The zero-order valence-electron chi connectivity index (χ0n) is 19.5. The Hall–Kier alpha value is -3.02. The average molecular weight is 501 g/mol. The van der Waals surface area contributed by atoms with E-state index in [0.29, 0.717) is 40.3 Å². The number of thiazole rings is 2. The molecule has 0 bridgehead atoms. The number of aryl methyl sites for hydroxylation is 1. The highest BCUT2D eigenvalue weighted by Crippen LogP contribution is 2.35. The van der Waals surface area contributed by atoms with Gasteiger partial charge in [-0.2, -0.15) is 0 Å². The Balaban J connectivity index is 1.54. The van der Waals surface area contributed by atoms with Crippen LogP contribution in [0.3, 0.4) is 0 Å². The summed E-state index contributed by atoms with van der Waals surface area (Å²) in [6.07, 6.45) is 0.960. The van der Waals surface area contributed by atoms with Crippen molar-refractivity contribution >= 4 is 45.3 Å². The third-order valence-electron chi connectivity index (χ3n) is 5.53. The highest BCUT2D eigenvalue weighted by Gasteiger charge is 2.24. The van der Waals surface area contributed by atoms with Gasteiger partial charge < -0.3 is 25.6 Å². The molecule has 0 radical (unpaired) electrons. The molecule has 0 aliphatic carbocycles. The molecule has 1 fully saturated rings. The van der Waals surface area contributed by atoms with E-state index < -0.39 is 5.91 Å². The second kappa shape index (κ2) is 10.5. The van der Waals surface area contributed by atoms with E-state index >= 15 is 0 Å². The second-order valence-corrected chi connectivity index (χ2v) is 9.91. The van der Waals surface area contributed by atoms with E-state index in [1.807, 2.05) is 24.1 Å². The Bertz CT molecular complexity index is 1190. The summed E-state index contributed by atoms with van der Waals surface area (Å²) in [5, 5.41) is 6.29. The van der Waals surface area contributed by atoms with Crippen molar-refractivity contribution in [3.05, 3.63) is 39.8 Å². The number of nitrogens with one attached hydrogen (secondary N) is 1. The molecule has 11 heteroatoms. The smallest absolute Gasteiger partial charge is 0.282 e. The van der Waals surface area contributed by atoms with Crippen molar-refractivity contribution in [2.75, 3.05) is 45.2 Å². The van der Waals surface area contributed by atoms with Crippen molar-refractivity contribution in [3.63, 3.8) is 0 Å². The van der Waals surface area contributed by atoms with Crippen molar-refractivity contribution in [1.82, 2.24) is 19.8 Å². The lowest BCUT2D eigenvalue weighted by Crippen LogP contribution is -2.34. The predicted octanol–water partition coefficient (Wildman–Crippen LogP) is 3.59. The molecule has 4 rings (SSSR count). The average Bonchev–Trinajstić information content (AvgIpc) is 3.36. The van der Waals surface area contributed by atoms with E-state index in [9.17, 15) is 9.59 Å². The fraction of sp³-hybridized carbons (Fsp3) is 0.391. The molecule has 1 aliphatic heterocycles. The molecule has 0 spiro atoms. The number of aromatic nitrogens is 2. The Morgan fingerprint density at radius 3 is 2.79 bits per heavy atom. The van der Waals surface area contributed by atoms with Gasteiger partial charge in [-0.15, -0.1) is 22.7 Å². The van der Waals surface area contributed by atoms with Crippen LogP contribution in [0.4, 0.5) is 10.8 Å². The minimum atomic E-state index is -0.514. The van der Waals surface area contributed by atoms with Crippen LogP contribution >= 0.6 is 22.7 Å². The molecule has 3 N–H and O–H groups in total. The molecule has 1 saturated heterocycles. The number of amides is 2. The summed E-state index contributed by atoms with van der Waals surface area (Å²) in [6.45, 7) is 7.59.